The first-order chi connectivity index (χ1) is 5.74. The topological polar surface area (TPSA) is 58.3 Å². The largest absolute Gasteiger partial charge is 0.392 e. The average Bonchev–Trinajstić information content (AvgIpc) is 2.36. The predicted molar refractivity (Wildman–Crippen MR) is 52.0 cm³/mol. The van der Waals surface area contributed by atoms with Crippen LogP contribution in [0.25, 0.3) is 0 Å². The van der Waals surface area contributed by atoms with E-state index in [1.165, 1.54) is 0 Å². The number of rotatable bonds is 2. The van der Waals surface area contributed by atoms with E-state index >= 15 is 0 Å². The first kappa shape index (κ1) is 11.9. The number of hydrogen-bond acceptors (Lipinski definition) is 3. The lowest BCUT2D eigenvalue weighted by molar-refractivity contribution is 0.161. The normalized spacial score (nSPS) is 34.2. The van der Waals surface area contributed by atoms with Crippen molar-refractivity contribution in [2.24, 2.45) is 11.7 Å². The van der Waals surface area contributed by atoms with Crippen molar-refractivity contribution in [2.75, 3.05) is 13.6 Å². The number of aliphatic hydroxyl groups is 1. The average molecular weight is 174 g/mol. The van der Waals surface area contributed by atoms with Crippen molar-refractivity contribution in [2.45, 2.75) is 38.8 Å². The molecule has 0 saturated heterocycles. The minimum Gasteiger partial charge on any atom is -0.392 e. The summed E-state index contributed by atoms with van der Waals surface area (Å²) in [4.78, 5) is 0. The highest BCUT2D eigenvalue weighted by Gasteiger charge is 2.29. The Balaban J connectivity index is 0.000000561. The molecule has 3 heteroatoms. The highest BCUT2D eigenvalue weighted by atomic mass is 16.3. The van der Waals surface area contributed by atoms with Crippen molar-refractivity contribution in [3.63, 3.8) is 0 Å². The van der Waals surface area contributed by atoms with Crippen molar-refractivity contribution in [3.05, 3.63) is 0 Å². The summed E-state index contributed by atoms with van der Waals surface area (Å²) < 4.78 is 0. The summed E-state index contributed by atoms with van der Waals surface area (Å²) in [6.07, 6.45) is 1.56. The van der Waals surface area contributed by atoms with Crippen LogP contribution in [0.3, 0.4) is 0 Å². The standard InChI is InChI=1S/C7H16N2O.C2H6/c1-9-4-5-2-6(8)7(10)3-5;1-2/h5-7,9-10H,2-4,8H2,1H3;1-2H3. The fourth-order valence-electron chi connectivity index (χ4n) is 1.61. The predicted octanol–water partition coefficient (Wildman–Crippen LogP) is 0.330. The molecule has 0 spiro atoms. The van der Waals surface area contributed by atoms with Crippen LogP contribution in [0.1, 0.15) is 26.7 Å². The van der Waals surface area contributed by atoms with Crippen LogP contribution in [0.4, 0.5) is 0 Å². The van der Waals surface area contributed by atoms with Gasteiger partial charge in [0.15, 0.2) is 0 Å². The van der Waals surface area contributed by atoms with Crippen LogP contribution < -0.4 is 11.1 Å². The monoisotopic (exact) mass is 174 g/mol. The molecule has 4 N–H and O–H groups in total. The van der Waals surface area contributed by atoms with Gasteiger partial charge in [0, 0.05) is 6.04 Å². The van der Waals surface area contributed by atoms with E-state index in [0.717, 1.165) is 19.4 Å². The van der Waals surface area contributed by atoms with Crippen molar-refractivity contribution < 1.29 is 5.11 Å². The van der Waals surface area contributed by atoms with Gasteiger partial charge in [-0.05, 0) is 32.4 Å². The quantitative estimate of drug-likeness (QED) is 0.565. The van der Waals surface area contributed by atoms with Gasteiger partial charge in [0.25, 0.3) is 0 Å². The number of nitrogens with two attached hydrogens (primary N) is 1. The van der Waals surface area contributed by atoms with Crippen molar-refractivity contribution >= 4 is 0 Å². The van der Waals surface area contributed by atoms with E-state index < -0.39 is 0 Å². The molecule has 12 heavy (non-hydrogen) atoms. The molecule has 0 aromatic heterocycles. The molecule has 0 bridgehead atoms. The van der Waals surface area contributed by atoms with Crippen LogP contribution in [0.15, 0.2) is 0 Å². The Morgan fingerprint density at radius 1 is 1.42 bits per heavy atom. The van der Waals surface area contributed by atoms with Crippen LogP contribution >= 0.6 is 0 Å². The molecular weight excluding hydrogens is 152 g/mol. The molecule has 1 aliphatic rings. The fraction of sp³-hybridized carbons (Fsp3) is 1.00. The van der Waals surface area contributed by atoms with Crippen molar-refractivity contribution in [1.82, 2.24) is 5.32 Å². The molecule has 3 unspecified atom stereocenters. The molecule has 1 fully saturated rings. The molecule has 0 aliphatic heterocycles. The van der Waals surface area contributed by atoms with Gasteiger partial charge in [-0.2, -0.15) is 0 Å². The fourth-order valence-corrected chi connectivity index (χ4v) is 1.61. The van der Waals surface area contributed by atoms with Gasteiger partial charge in [-0.1, -0.05) is 13.8 Å². The van der Waals surface area contributed by atoms with Gasteiger partial charge in [-0.15, -0.1) is 0 Å². The van der Waals surface area contributed by atoms with Crippen molar-refractivity contribution in [1.29, 1.82) is 0 Å². The lowest BCUT2D eigenvalue weighted by atomic mass is 10.1. The maximum absolute atomic E-state index is 9.24. The third kappa shape index (κ3) is 3.52. The summed E-state index contributed by atoms with van der Waals surface area (Å²) >= 11 is 0. The minimum atomic E-state index is -0.265. The van der Waals surface area contributed by atoms with E-state index in [4.69, 9.17) is 5.73 Å². The van der Waals surface area contributed by atoms with Gasteiger partial charge in [0.05, 0.1) is 6.10 Å². The van der Waals surface area contributed by atoms with E-state index in [1.54, 1.807) is 0 Å². The van der Waals surface area contributed by atoms with E-state index in [-0.39, 0.29) is 12.1 Å². The Hall–Kier alpha value is -0.120. The first-order valence-corrected chi connectivity index (χ1v) is 4.82. The zero-order valence-corrected chi connectivity index (χ0v) is 8.38. The molecule has 0 aromatic rings. The van der Waals surface area contributed by atoms with Crippen LogP contribution in [-0.4, -0.2) is 30.8 Å². The van der Waals surface area contributed by atoms with Gasteiger partial charge < -0.3 is 16.2 Å². The molecule has 1 aliphatic carbocycles. The van der Waals surface area contributed by atoms with Gasteiger partial charge in [0.2, 0.25) is 0 Å². The van der Waals surface area contributed by atoms with Crippen LogP contribution in [0.2, 0.25) is 0 Å². The maximum atomic E-state index is 9.24. The summed E-state index contributed by atoms with van der Waals surface area (Å²) in [5.41, 5.74) is 5.62. The van der Waals surface area contributed by atoms with Crippen molar-refractivity contribution in [3.8, 4) is 0 Å². The van der Waals surface area contributed by atoms with Gasteiger partial charge in [-0.25, -0.2) is 0 Å². The zero-order chi connectivity index (χ0) is 9.56. The second kappa shape index (κ2) is 6.40. The molecular formula is C9H22N2O. The van der Waals surface area contributed by atoms with E-state index in [9.17, 15) is 5.11 Å². The Kier molecular flexibility index (Phi) is 6.34. The highest BCUT2D eigenvalue weighted by molar-refractivity contribution is 4.86. The Labute approximate surface area is 75.3 Å². The molecule has 1 saturated carbocycles. The van der Waals surface area contributed by atoms with E-state index in [0.29, 0.717) is 5.92 Å². The second-order valence-electron chi connectivity index (χ2n) is 3.13. The molecule has 74 valence electrons. The molecule has 0 amide bonds. The number of aliphatic hydroxyl groups excluding tert-OH is 1. The molecule has 1 rings (SSSR count). The summed E-state index contributed by atoms with van der Waals surface area (Å²) in [5, 5.41) is 12.3. The summed E-state index contributed by atoms with van der Waals surface area (Å²) in [6.45, 7) is 4.98. The molecule has 0 heterocycles. The lowest BCUT2D eigenvalue weighted by Gasteiger charge is -2.05. The number of hydrogen-bond donors (Lipinski definition) is 3. The van der Waals surface area contributed by atoms with Crippen LogP contribution in [0, 0.1) is 5.92 Å². The third-order valence-electron chi connectivity index (χ3n) is 2.17. The number of nitrogens with one attached hydrogen (secondary N) is 1. The first-order valence-electron chi connectivity index (χ1n) is 4.82. The summed E-state index contributed by atoms with van der Waals surface area (Å²) in [6, 6.07) is 0.0124. The van der Waals surface area contributed by atoms with Crippen LogP contribution in [-0.2, 0) is 0 Å². The Bertz CT molecular complexity index is 98.7. The molecule has 0 aromatic carbocycles. The Morgan fingerprint density at radius 2 is 2.00 bits per heavy atom. The second-order valence-corrected chi connectivity index (χ2v) is 3.13. The SMILES string of the molecule is CC.CNCC1CC(N)C(O)C1. The van der Waals surface area contributed by atoms with E-state index in [2.05, 4.69) is 5.32 Å². The van der Waals surface area contributed by atoms with Gasteiger partial charge in [0.1, 0.15) is 0 Å². The highest BCUT2D eigenvalue weighted by Crippen LogP contribution is 2.23. The van der Waals surface area contributed by atoms with Crippen LogP contribution in [0.5, 0.6) is 0 Å². The third-order valence-corrected chi connectivity index (χ3v) is 2.17. The van der Waals surface area contributed by atoms with Gasteiger partial charge in [-0.3, -0.25) is 0 Å². The maximum Gasteiger partial charge on any atom is 0.0694 e. The zero-order valence-electron chi connectivity index (χ0n) is 8.38. The summed E-state index contributed by atoms with van der Waals surface area (Å²) in [7, 11) is 1.93. The summed E-state index contributed by atoms with van der Waals surface area (Å²) in [5.74, 6) is 0.579. The van der Waals surface area contributed by atoms with E-state index in [1.807, 2.05) is 20.9 Å². The molecule has 3 nitrogen and oxygen atoms in total. The molecule has 3 atom stereocenters. The Morgan fingerprint density at radius 3 is 2.33 bits per heavy atom. The lowest BCUT2D eigenvalue weighted by Crippen LogP contribution is -2.28. The van der Waals surface area contributed by atoms with Gasteiger partial charge >= 0.3 is 0 Å². The minimum absolute atomic E-state index is 0.0124. The smallest absolute Gasteiger partial charge is 0.0694 e. The molecule has 0 radical (unpaired) electrons.